The summed E-state index contributed by atoms with van der Waals surface area (Å²) >= 11 is 3.38. The molecule has 2 N–H and O–H groups in total. The maximum absolute atomic E-state index is 4.47. The monoisotopic (exact) mass is 365 g/mol. The topological polar surface area (TPSA) is 62.7 Å². The van der Waals surface area contributed by atoms with Gasteiger partial charge in [0.25, 0.3) is 0 Å². The number of thiophene rings is 1. The van der Waals surface area contributed by atoms with Gasteiger partial charge >= 0.3 is 0 Å². The highest BCUT2D eigenvalue weighted by molar-refractivity contribution is 7.19. The van der Waals surface area contributed by atoms with Crippen LogP contribution in [0.1, 0.15) is 11.3 Å². The number of nitrogens with one attached hydrogen (secondary N) is 2. The van der Waals surface area contributed by atoms with Gasteiger partial charge in [0.15, 0.2) is 0 Å². The number of hydrogen-bond acceptors (Lipinski definition) is 7. The minimum absolute atomic E-state index is 0.853. The molecule has 0 fully saturated rings. The van der Waals surface area contributed by atoms with E-state index in [1.165, 1.54) is 15.2 Å². The molecule has 124 valence electrons. The van der Waals surface area contributed by atoms with E-state index in [0.29, 0.717) is 0 Å². The molecule has 0 saturated carbocycles. The molecule has 4 heterocycles. The van der Waals surface area contributed by atoms with Gasteiger partial charge in [-0.3, -0.25) is 0 Å². The fourth-order valence-electron chi connectivity index (χ4n) is 3.03. The molecule has 1 aliphatic rings. The first-order valence-corrected chi connectivity index (χ1v) is 9.81. The zero-order valence-electron chi connectivity index (χ0n) is 13.3. The molecule has 0 saturated heterocycles. The Morgan fingerprint density at radius 1 is 1.12 bits per heavy atom. The second-order valence-corrected chi connectivity index (χ2v) is 7.81. The summed E-state index contributed by atoms with van der Waals surface area (Å²) in [5.41, 5.74) is 5.32. The Kier molecular flexibility index (Phi) is 3.70. The molecule has 25 heavy (non-hydrogen) atoms. The standard InChI is InChI=1S/C18H15N5S2/c1-2-14-16(24-10-22-14)7-12(1)23-17-13-8-15(11-3-5-19-6-4-11)25-18(13)21-9-20-17/h1-3,7-10,19H,4-6H2,(H,20,21,23). The molecule has 0 unspecified atom stereocenters. The van der Waals surface area contributed by atoms with E-state index in [4.69, 9.17) is 0 Å². The Morgan fingerprint density at radius 3 is 3.04 bits per heavy atom. The first-order chi connectivity index (χ1) is 12.4. The van der Waals surface area contributed by atoms with Crippen molar-refractivity contribution in [3.63, 3.8) is 0 Å². The van der Waals surface area contributed by atoms with Crippen molar-refractivity contribution in [2.45, 2.75) is 6.42 Å². The third-order valence-corrected chi connectivity index (χ3v) is 6.21. The highest BCUT2D eigenvalue weighted by atomic mass is 32.1. The van der Waals surface area contributed by atoms with Gasteiger partial charge in [-0.25, -0.2) is 15.0 Å². The van der Waals surface area contributed by atoms with Crippen LogP contribution < -0.4 is 10.6 Å². The molecule has 5 nitrogen and oxygen atoms in total. The first kappa shape index (κ1) is 14.9. The number of rotatable bonds is 3. The van der Waals surface area contributed by atoms with Crippen LogP contribution >= 0.6 is 22.7 Å². The van der Waals surface area contributed by atoms with Crippen molar-refractivity contribution < 1.29 is 0 Å². The maximum atomic E-state index is 4.47. The Morgan fingerprint density at radius 2 is 2.12 bits per heavy atom. The number of nitrogens with zero attached hydrogens (tertiary/aromatic N) is 3. The second kappa shape index (κ2) is 6.18. The molecule has 3 aromatic heterocycles. The summed E-state index contributed by atoms with van der Waals surface area (Å²) in [7, 11) is 0. The van der Waals surface area contributed by atoms with Gasteiger partial charge in [0.2, 0.25) is 0 Å². The molecule has 0 radical (unpaired) electrons. The van der Waals surface area contributed by atoms with Crippen molar-refractivity contribution in [2.24, 2.45) is 0 Å². The van der Waals surface area contributed by atoms with Crippen LogP contribution in [0.3, 0.4) is 0 Å². The van der Waals surface area contributed by atoms with Gasteiger partial charge in [-0.2, -0.15) is 0 Å². The largest absolute Gasteiger partial charge is 0.340 e. The van der Waals surface area contributed by atoms with E-state index in [0.717, 1.165) is 46.7 Å². The summed E-state index contributed by atoms with van der Waals surface area (Å²) in [6, 6.07) is 8.40. The van der Waals surface area contributed by atoms with Crippen molar-refractivity contribution in [3.05, 3.63) is 47.1 Å². The lowest BCUT2D eigenvalue weighted by molar-refractivity contribution is 0.739. The zero-order valence-corrected chi connectivity index (χ0v) is 15.0. The van der Waals surface area contributed by atoms with Crippen LogP contribution in [0, 0.1) is 0 Å². The molecule has 0 aliphatic carbocycles. The van der Waals surface area contributed by atoms with E-state index in [1.807, 2.05) is 17.6 Å². The Hall–Kier alpha value is -2.35. The fraction of sp³-hybridized carbons (Fsp3) is 0.167. The van der Waals surface area contributed by atoms with Crippen LogP contribution in [-0.4, -0.2) is 28.0 Å². The molecule has 0 amide bonds. The van der Waals surface area contributed by atoms with Gasteiger partial charge in [0.1, 0.15) is 17.0 Å². The van der Waals surface area contributed by atoms with Crippen LogP contribution in [0.25, 0.3) is 26.0 Å². The molecule has 5 rings (SSSR count). The van der Waals surface area contributed by atoms with Gasteiger partial charge in [-0.15, -0.1) is 22.7 Å². The average molecular weight is 365 g/mol. The van der Waals surface area contributed by atoms with Crippen LogP contribution in [0.15, 0.2) is 42.2 Å². The van der Waals surface area contributed by atoms with E-state index >= 15 is 0 Å². The van der Waals surface area contributed by atoms with Gasteiger partial charge in [0.05, 0.1) is 21.1 Å². The van der Waals surface area contributed by atoms with Crippen molar-refractivity contribution in [3.8, 4) is 0 Å². The van der Waals surface area contributed by atoms with Crippen LogP contribution in [0.2, 0.25) is 0 Å². The second-order valence-electron chi connectivity index (χ2n) is 5.90. The number of hydrogen-bond donors (Lipinski definition) is 2. The molecule has 1 aromatic carbocycles. The molecular weight excluding hydrogens is 350 g/mol. The molecule has 7 heteroatoms. The smallest absolute Gasteiger partial charge is 0.142 e. The number of aromatic nitrogens is 3. The predicted molar refractivity (Wildman–Crippen MR) is 106 cm³/mol. The third kappa shape index (κ3) is 2.80. The molecular formula is C18H15N5S2. The van der Waals surface area contributed by atoms with Crippen molar-refractivity contribution in [1.29, 1.82) is 0 Å². The van der Waals surface area contributed by atoms with Crippen molar-refractivity contribution in [1.82, 2.24) is 20.3 Å². The zero-order chi connectivity index (χ0) is 16.6. The van der Waals surface area contributed by atoms with Crippen LogP contribution in [0.5, 0.6) is 0 Å². The van der Waals surface area contributed by atoms with Gasteiger partial charge in [-0.1, -0.05) is 6.08 Å². The molecule has 0 atom stereocenters. The predicted octanol–water partition coefficient (Wildman–Crippen LogP) is 4.42. The number of anilines is 2. The summed E-state index contributed by atoms with van der Waals surface area (Å²) in [4.78, 5) is 15.6. The van der Waals surface area contributed by atoms with E-state index in [1.54, 1.807) is 29.0 Å². The van der Waals surface area contributed by atoms with Crippen LogP contribution in [-0.2, 0) is 0 Å². The normalized spacial score (nSPS) is 14.8. The molecule has 0 bridgehead atoms. The van der Waals surface area contributed by atoms with Gasteiger partial charge < -0.3 is 10.6 Å². The number of benzene rings is 1. The maximum Gasteiger partial charge on any atom is 0.142 e. The SMILES string of the molecule is C1=C(c2cc3c(Nc4ccc5ncsc5c4)ncnc3s2)CCNC1. The van der Waals surface area contributed by atoms with E-state index in [-0.39, 0.29) is 0 Å². The molecule has 1 aliphatic heterocycles. The average Bonchev–Trinajstić information content (AvgIpc) is 3.29. The third-order valence-electron chi connectivity index (χ3n) is 4.30. The van der Waals surface area contributed by atoms with Gasteiger partial charge in [-0.05, 0) is 42.8 Å². The lowest BCUT2D eigenvalue weighted by atomic mass is 10.1. The minimum Gasteiger partial charge on any atom is -0.340 e. The van der Waals surface area contributed by atoms with E-state index in [9.17, 15) is 0 Å². The van der Waals surface area contributed by atoms with Crippen molar-refractivity contribution >= 4 is 60.2 Å². The Bertz CT molecular complexity index is 1100. The van der Waals surface area contributed by atoms with Gasteiger partial charge in [0, 0.05) is 17.1 Å². The fourth-order valence-corrected chi connectivity index (χ4v) is 4.81. The summed E-state index contributed by atoms with van der Waals surface area (Å²) in [5.74, 6) is 0.853. The molecule has 4 aromatic rings. The Labute approximate surface area is 152 Å². The summed E-state index contributed by atoms with van der Waals surface area (Å²) in [5, 5.41) is 7.88. The minimum atomic E-state index is 0.853. The lowest BCUT2D eigenvalue weighted by Gasteiger charge is -2.11. The molecule has 0 spiro atoms. The highest BCUT2D eigenvalue weighted by Gasteiger charge is 2.13. The van der Waals surface area contributed by atoms with E-state index in [2.05, 4.69) is 43.8 Å². The van der Waals surface area contributed by atoms with Crippen LogP contribution in [0.4, 0.5) is 11.5 Å². The van der Waals surface area contributed by atoms with E-state index < -0.39 is 0 Å². The van der Waals surface area contributed by atoms with Crippen molar-refractivity contribution in [2.75, 3.05) is 18.4 Å². The summed E-state index contributed by atoms with van der Waals surface area (Å²) in [6.07, 6.45) is 4.96. The number of thiazole rings is 1. The lowest BCUT2D eigenvalue weighted by Crippen LogP contribution is -2.19. The number of fused-ring (bicyclic) bond motifs is 2. The Balaban J connectivity index is 1.54. The summed E-state index contributed by atoms with van der Waals surface area (Å²) in [6.45, 7) is 1.97. The summed E-state index contributed by atoms with van der Waals surface area (Å²) < 4.78 is 1.17. The highest BCUT2D eigenvalue weighted by Crippen LogP contribution is 2.35. The quantitative estimate of drug-likeness (QED) is 0.563. The first-order valence-electron chi connectivity index (χ1n) is 8.12.